The molecule has 4 aliphatic carbocycles. The van der Waals surface area contributed by atoms with Crippen molar-refractivity contribution in [3.05, 3.63) is 23.3 Å². The van der Waals surface area contributed by atoms with E-state index in [1.165, 1.54) is 6.92 Å². The highest BCUT2D eigenvalue weighted by atomic mass is 16.5. The quantitative estimate of drug-likeness (QED) is 0.555. The number of ether oxygens (including phenoxy) is 1. The van der Waals surface area contributed by atoms with E-state index in [0.29, 0.717) is 6.42 Å². The largest absolute Gasteiger partial charge is 0.458 e. The molecule has 4 rings (SSSR count). The van der Waals surface area contributed by atoms with Crippen molar-refractivity contribution in [2.75, 3.05) is 6.61 Å². The normalized spacial score (nSPS) is 43.5. The van der Waals surface area contributed by atoms with Gasteiger partial charge in [0.1, 0.15) is 5.60 Å². The Morgan fingerprint density at radius 2 is 2.00 bits per heavy atom. The first-order valence-corrected chi connectivity index (χ1v) is 10.5. The first kappa shape index (κ1) is 20.5. The molecule has 0 aromatic carbocycles. The number of ketones is 2. The molecule has 0 aromatic rings. The first-order valence-electron chi connectivity index (χ1n) is 10.5. The molecule has 0 heterocycles. The lowest BCUT2D eigenvalue weighted by Gasteiger charge is -2.59. The van der Waals surface area contributed by atoms with Crippen LogP contribution in [0.1, 0.15) is 59.3 Å². The van der Waals surface area contributed by atoms with E-state index in [9.17, 15) is 24.6 Å². The maximum atomic E-state index is 12.8. The van der Waals surface area contributed by atoms with Crippen molar-refractivity contribution in [3.63, 3.8) is 0 Å². The second-order valence-electron chi connectivity index (χ2n) is 9.76. The standard InChI is InChI=1S/C23H30O6/c1-13(24)29-12-19(27)23(28)9-7-17-16-5-4-14-10-15(25)6-8-21(14,2)20(16)18(26)11-22(17,23)3/h7,10,16,18,20,26,28H,4-6,8-9,11-12H2,1-3H3. The monoisotopic (exact) mass is 402 g/mol. The zero-order valence-electron chi connectivity index (χ0n) is 17.4. The number of esters is 1. The smallest absolute Gasteiger partial charge is 0.303 e. The molecular weight excluding hydrogens is 372 g/mol. The summed E-state index contributed by atoms with van der Waals surface area (Å²) in [4.78, 5) is 35.9. The number of hydrogen-bond acceptors (Lipinski definition) is 6. The minimum Gasteiger partial charge on any atom is -0.458 e. The Kier molecular flexibility index (Phi) is 4.67. The average molecular weight is 402 g/mol. The van der Waals surface area contributed by atoms with Crippen LogP contribution in [0, 0.1) is 22.7 Å². The van der Waals surface area contributed by atoms with Gasteiger partial charge in [-0.05, 0) is 43.1 Å². The van der Waals surface area contributed by atoms with Gasteiger partial charge in [0.25, 0.3) is 0 Å². The lowest BCUT2D eigenvalue weighted by atomic mass is 9.46. The molecule has 0 spiro atoms. The molecule has 6 atom stereocenters. The zero-order chi connectivity index (χ0) is 21.2. The Labute approximate surface area is 171 Å². The molecule has 0 radical (unpaired) electrons. The van der Waals surface area contributed by atoms with Gasteiger partial charge in [0.05, 0.1) is 6.10 Å². The van der Waals surface area contributed by atoms with Crippen LogP contribution in [-0.2, 0) is 19.1 Å². The third kappa shape index (κ3) is 2.79. The Bertz CT molecular complexity index is 840. The van der Waals surface area contributed by atoms with Crippen LogP contribution in [0.15, 0.2) is 23.3 Å². The van der Waals surface area contributed by atoms with E-state index in [0.717, 1.165) is 30.4 Å². The number of carbonyl (C=O) groups is 3. The van der Waals surface area contributed by atoms with Crippen molar-refractivity contribution >= 4 is 17.5 Å². The van der Waals surface area contributed by atoms with Crippen LogP contribution in [0.3, 0.4) is 0 Å². The first-order chi connectivity index (χ1) is 13.5. The van der Waals surface area contributed by atoms with Crippen LogP contribution < -0.4 is 0 Å². The summed E-state index contributed by atoms with van der Waals surface area (Å²) < 4.78 is 4.86. The molecule has 2 fully saturated rings. The minimum atomic E-state index is -1.68. The highest BCUT2D eigenvalue weighted by molar-refractivity contribution is 5.92. The van der Waals surface area contributed by atoms with E-state index < -0.39 is 35.5 Å². The maximum Gasteiger partial charge on any atom is 0.303 e. The summed E-state index contributed by atoms with van der Waals surface area (Å²) >= 11 is 0. The fourth-order valence-corrected chi connectivity index (χ4v) is 6.74. The fourth-order valence-electron chi connectivity index (χ4n) is 6.74. The summed E-state index contributed by atoms with van der Waals surface area (Å²) in [5, 5.41) is 22.7. The Hall–Kier alpha value is -1.79. The van der Waals surface area contributed by atoms with Gasteiger partial charge in [-0.25, -0.2) is 0 Å². The summed E-state index contributed by atoms with van der Waals surface area (Å²) in [6.45, 7) is 4.78. The zero-order valence-corrected chi connectivity index (χ0v) is 17.4. The molecule has 0 aromatic heterocycles. The number of aliphatic hydroxyl groups excluding tert-OH is 1. The van der Waals surface area contributed by atoms with Crippen molar-refractivity contribution in [3.8, 4) is 0 Å². The van der Waals surface area contributed by atoms with Gasteiger partial charge < -0.3 is 14.9 Å². The van der Waals surface area contributed by atoms with Crippen LogP contribution >= 0.6 is 0 Å². The SMILES string of the molecule is CC(=O)OCC(=O)C1(O)CC=C2C3CCC4=CC(=O)CCC4(C)C3C(O)CC21C. The summed E-state index contributed by atoms with van der Waals surface area (Å²) in [6.07, 6.45) is 6.34. The Morgan fingerprint density at radius 1 is 1.28 bits per heavy atom. The van der Waals surface area contributed by atoms with Crippen LogP contribution in [0.25, 0.3) is 0 Å². The fraction of sp³-hybridized carbons (Fsp3) is 0.696. The highest BCUT2D eigenvalue weighted by Crippen LogP contribution is 2.65. The molecule has 0 bridgehead atoms. The number of allylic oxidation sites excluding steroid dienone is 2. The van der Waals surface area contributed by atoms with E-state index in [-0.39, 0.29) is 35.9 Å². The highest BCUT2D eigenvalue weighted by Gasteiger charge is 2.65. The molecule has 158 valence electrons. The number of hydrogen-bond donors (Lipinski definition) is 2. The van der Waals surface area contributed by atoms with Crippen molar-refractivity contribution in [2.24, 2.45) is 22.7 Å². The molecule has 6 heteroatoms. The van der Waals surface area contributed by atoms with Gasteiger partial charge in [0.15, 0.2) is 12.4 Å². The molecule has 6 nitrogen and oxygen atoms in total. The topological polar surface area (TPSA) is 101 Å². The Balaban J connectivity index is 1.67. The van der Waals surface area contributed by atoms with E-state index in [4.69, 9.17) is 4.74 Å². The van der Waals surface area contributed by atoms with Crippen molar-refractivity contribution in [1.82, 2.24) is 0 Å². The number of aliphatic hydroxyl groups is 2. The molecular formula is C23H30O6. The third-order valence-electron chi connectivity index (χ3n) is 8.32. The number of fused-ring (bicyclic) bond motifs is 5. The predicted octanol–water partition coefficient (Wildman–Crippen LogP) is 2.27. The van der Waals surface area contributed by atoms with Crippen LogP contribution in [0.4, 0.5) is 0 Å². The summed E-state index contributed by atoms with van der Waals surface area (Å²) in [7, 11) is 0. The molecule has 29 heavy (non-hydrogen) atoms. The second-order valence-corrected chi connectivity index (χ2v) is 9.76. The molecule has 0 saturated heterocycles. The molecule has 2 saturated carbocycles. The Morgan fingerprint density at radius 3 is 2.69 bits per heavy atom. The predicted molar refractivity (Wildman–Crippen MR) is 105 cm³/mol. The van der Waals surface area contributed by atoms with Gasteiger partial charge in [-0.1, -0.05) is 31.1 Å². The molecule has 0 amide bonds. The van der Waals surface area contributed by atoms with E-state index in [1.54, 1.807) is 6.08 Å². The van der Waals surface area contributed by atoms with E-state index in [1.807, 2.05) is 13.0 Å². The maximum absolute atomic E-state index is 12.8. The van der Waals surface area contributed by atoms with Crippen LogP contribution in [0.5, 0.6) is 0 Å². The van der Waals surface area contributed by atoms with Gasteiger partial charge in [-0.15, -0.1) is 0 Å². The average Bonchev–Trinajstić information content (AvgIpc) is 2.91. The minimum absolute atomic E-state index is 0.0270. The summed E-state index contributed by atoms with van der Waals surface area (Å²) in [5.74, 6) is -0.876. The summed E-state index contributed by atoms with van der Waals surface area (Å²) in [5.41, 5.74) is -0.613. The second kappa shape index (κ2) is 6.61. The van der Waals surface area contributed by atoms with Gasteiger partial charge in [-0.2, -0.15) is 0 Å². The van der Waals surface area contributed by atoms with Gasteiger partial charge in [0.2, 0.25) is 5.78 Å². The molecule has 0 aliphatic heterocycles. The third-order valence-corrected chi connectivity index (χ3v) is 8.32. The lowest BCUT2D eigenvalue weighted by Crippen LogP contribution is -2.60. The molecule has 6 unspecified atom stereocenters. The number of carbonyl (C=O) groups excluding carboxylic acids is 3. The van der Waals surface area contributed by atoms with E-state index in [2.05, 4.69) is 6.92 Å². The molecule has 2 N–H and O–H groups in total. The molecule has 4 aliphatic rings. The van der Waals surface area contributed by atoms with Crippen molar-refractivity contribution < 1.29 is 29.3 Å². The van der Waals surface area contributed by atoms with E-state index >= 15 is 0 Å². The van der Waals surface area contributed by atoms with Crippen molar-refractivity contribution in [1.29, 1.82) is 0 Å². The lowest BCUT2D eigenvalue weighted by molar-refractivity contribution is -0.166. The van der Waals surface area contributed by atoms with Crippen LogP contribution in [0.2, 0.25) is 0 Å². The van der Waals surface area contributed by atoms with Gasteiger partial charge in [0, 0.05) is 31.1 Å². The summed E-state index contributed by atoms with van der Waals surface area (Å²) in [6, 6.07) is 0. The van der Waals surface area contributed by atoms with Gasteiger partial charge >= 0.3 is 5.97 Å². The van der Waals surface area contributed by atoms with Crippen LogP contribution in [-0.4, -0.2) is 46.1 Å². The number of rotatable bonds is 3. The van der Waals surface area contributed by atoms with Crippen molar-refractivity contribution in [2.45, 2.75) is 71.0 Å². The van der Waals surface area contributed by atoms with Gasteiger partial charge in [-0.3, -0.25) is 14.4 Å². The number of Topliss-reactive ketones (excluding diaryl/α,β-unsaturated/α-hetero) is 1.